The van der Waals surface area contributed by atoms with E-state index in [1.54, 1.807) is 0 Å². The number of nitrogens with zero attached hydrogens (tertiary/aromatic N) is 1. The first-order valence-electron chi connectivity index (χ1n) is 9.23. The van der Waals surface area contributed by atoms with Gasteiger partial charge in [0.2, 0.25) is 0 Å². The molecule has 0 radical (unpaired) electrons. The highest BCUT2D eigenvalue weighted by Crippen LogP contribution is 2.27. The van der Waals surface area contributed by atoms with Crippen molar-refractivity contribution < 1.29 is 9.59 Å². The predicted molar refractivity (Wildman–Crippen MR) is 101 cm³/mol. The molecular weight excluding hydrogens is 298 g/mol. The van der Waals surface area contributed by atoms with E-state index in [2.05, 4.69) is 37.9 Å². The summed E-state index contributed by atoms with van der Waals surface area (Å²) in [6, 6.07) is 8.25. The van der Waals surface area contributed by atoms with Gasteiger partial charge in [-0.3, -0.25) is 4.79 Å². The molecule has 1 fully saturated rings. The number of Topliss-reactive ketones (excluding diaryl/α,β-unsaturated/α-hetero) is 1. The summed E-state index contributed by atoms with van der Waals surface area (Å²) >= 11 is 0. The van der Waals surface area contributed by atoms with E-state index in [0.717, 1.165) is 24.7 Å². The number of carbonyl (C=O) groups is 2. The van der Waals surface area contributed by atoms with Crippen LogP contribution in [0.2, 0.25) is 0 Å². The van der Waals surface area contributed by atoms with E-state index in [4.69, 9.17) is 0 Å². The van der Waals surface area contributed by atoms with Crippen molar-refractivity contribution in [2.45, 2.75) is 58.8 Å². The smallest absolute Gasteiger partial charge is 0.162 e. The van der Waals surface area contributed by atoms with Gasteiger partial charge in [-0.25, -0.2) is 0 Å². The molecule has 0 bridgehead atoms. The monoisotopic (exact) mass is 331 g/mol. The quantitative estimate of drug-likeness (QED) is 0.559. The maximum Gasteiger partial charge on any atom is 0.162 e. The van der Waals surface area contributed by atoms with Crippen molar-refractivity contribution in [1.82, 2.24) is 4.90 Å². The van der Waals surface area contributed by atoms with Gasteiger partial charge in [-0.15, -0.1) is 0 Å². The van der Waals surface area contributed by atoms with Crippen molar-refractivity contribution >= 4 is 12.1 Å². The van der Waals surface area contributed by atoms with E-state index >= 15 is 0 Å². The fourth-order valence-electron chi connectivity index (χ4n) is 2.89. The molecule has 1 aromatic rings. The molecule has 0 aliphatic carbocycles. The standard InChI is InChI=1S/C15H21NO.C6H12O/c1-3-15(17)14-6-4-12(5-7-14)13-8-10-16(2)11-9-13;1-6(2)4-3-5-7/h4-7,13H,3,8-11H2,1-2H3;5-6H,3-4H2,1-2H3. The molecule has 1 heterocycles. The number of hydrogen-bond acceptors (Lipinski definition) is 3. The average Bonchev–Trinajstić information content (AvgIpc) is 2.60. The Balaban J connectivity index is 0.000000351. The zero-order valence-corrected chi connectivity index (χ0v) is 15.8. The first-order chi connectivity index (χ1) is 11.5. The number of aldehydes is 1. The van der Waals surface area contributed by atoms with Crippen molar-refractivity contribution in [2.75, 3.05) is 20.1 Å². The van der Waals surface area contributed by atoms with Crippen LogP contribution in [0.1, 0.15) is 74.7 Å². The zero-order valence-electron chi connectivity index (χ0n) is 15.8. The van der Waals surface area contributed by atoms with E-state index in [1.165, 1.54) is 31.5 Å². The van der Waals surface area contributed by atoms with Crippen LogP contribution in [0.3, 0.4) is 0 Å². The number of benzene rings is 1. The summed E-state index contributed by atoms with van der Waals surface area (Å²) in [5.41, 5.74) is 2.25. The van der Waals surface area contributed by atoms with Gasteiger partial charge in [0.1, 0.15) is 6.29 Å². The molecule has 0 atom stereocenters. The molecule has 0 aromatic heterocycles. The van der Waals surface area contributed by atoms with Crippen molar-refractivity contribution in [3.05, 3.63) is 35.4 Å². The van der Waals surface area contributed by atoms with Crippen molar-refractivity contribution in [3.63, 3.8) is 0 Å². The molecule has 1 aliphatic heterocycles. The van der Waals surface area contributed by atoms with Gasteiger partial charge in [0.25, 0.3) is 0 Å². The molecule has 134 valence electrons. The molecule has 1 saturated heterocycles. The average molecular weight is 332 g/mol. The summed E-state index contributed by atoms with van der Waals surface area (Å²) < 4.78 is 0. The third-order valence-corrected chi connectivity index (χ3v) is 4.61. The maximum atomic E-state index is 11.5. The Bertz CT molecular complexity index is 485. The van der Waals surface area contributed by atoms with Crippen LogP contribution in [-0.2, 0) is 4.79 Å². The molecule has 1 aliphatic rings. The lowest BCUT2D eigenvalue weighted by molar-refractivity contribution is -0.108. The number of piperidine rings is 1. The largest absolute Gasteiger partial charge is 0.306 e. The predicted octanol–water partition coefficient (Wildman–Crippen LogP) is 4.71. The number of likely N-dealkylation sites (tertiary alicyclic amines) is 1. The Morgan fingerprint density at radius 2 is 1.79 bits per heavy atom. The van der Waals surface area contributed by atoms with Crippen LogP contribution in [0.25, 0.3) is 0 Å². The maximum absolute atomic E-state index is 11.5. The zero-order chi connectivity index (χ0) is 17.9. The van der Waals surface area contributed by atoms with Crippen molar-refractivity contribution in [2.24, 2.45) is 5.92 Å². The van der Waals surface area contributed by atoms with Gasteiger partial charge in [-0.05, 0) is 56.8 Å². The normalized spacial score (nSPS) is 15.7. The molecule has 0 spiro atoms. The SMILES string of the molecule is CC(C)CCC=O.CCC(=O)c1ccc(C2CCN(C)CC2)cc1. The summed E-state index contributed by atoms with van der Waals surface area (Å²) in [5.74, 6) is 1.59. The number of carbonyl (C=O) groups excluding carboxylic acids is 2. The fraction of sp³-hybridized carbons (Fsp3) is 0.619. The van der Waals surface area contributed by atoms with Crippen LogP contribution < -0.4 is 0 Å². The second-order valence-electron chi connectivity index (χ2n) is 7.11. The Hall–Kier alpha value is -1.48. The van der Waals surface area contributed by atoms with E-state index in [0.29, 0.717) is 18.3 Å². The highest BCUT2D eigenvalue weighted by molar-refractivity contribution is 5.95. The highest BCUT2D eigenvalue weighted by atomic mass is 16.1. The minimum Gasteiger partial charge on any atom is -0.306 e. The Morgan fingerprint density at radius 1 is 1.21 bits per heavy atom. The lowest BCUT2D eigenvalue weighted by Gasteiger charge is -2.29. The van der Waals surface area contributed by atoms with Crippen LogP contribution in [0, 0.1) is 5.92 Å². The molecule has 0 saturated carbocycles. The molecule has 0 unspecified atom stereocenters. The Kier molecular flexibility index (Phi) is 9.55. The van der Waals surface area contributed by atoms with Gasteiger partial charge in [-0.2, -0.15) is 0 Å². The van der Waals surface area contributed by atoms with Gasteiger partial charge < -0.3 is 9.69 Å². The molecular formula is C21H33NO2. The molecule has 0 N–H and O–H groups in total. The topological polar surface area (TPSA) is 37.4 Å². The molecule has 3 nitrogen and oxygen atoms in total. The van der Waals surface area contributed by atoms with Crippen LogP contribution in [0.15, 0.2) is 24.3 Å². The molecule has 1 aromatic carbocycles. The van der Waals surface area contributed by atoms with Crippen LogP contribution >= 0.6 is 0 Å². The molecule has 24 heavy (non-hydrogen) atoms. The molecule has 2 rings (SSSR count). The minimum atomic E-state index is 0.236. The van der Waals surface area contributed by atoms with Gasteiger partial charge in [0, 0.05) is 18.4 Å². The summed E-state index contributed by atoms with van der Waals surface area (Å²) in [5, 5.41) is 0. The summed E-state index contributed by atoms with van der Waals surface area (Å²) in [4.78, 5) is 23.6. The lowest BCUT2D eigenvalue weighted by Crippen LogP contribution is -2.29. The second-order valence-corrected chi connectivity index (χ2v) is 7.11. The van der Waals surface area contributed by atoms with Crippen molar-refractivity contribution in [1.29, 1.82) is 0 Å². The van der Waals surface area contributed by atoms with E-state index in [-0.39, 0.29) is 5.78 Å². The van der Waals surface area contributed by atoms with Crippen LogP contribution in [-0.4, -0.2) is 37.1 Å². The summed E-state index contributed by atoms with van der Waals surface area (Å²) in [6.45, 7) is 8.50. The number of ketones is 1. The minimum absolute atomic E-state index is 0.236. The van der Waals surface area contributed by atoms with Crippen molar-refractivity contribution in [3.8, 4) is 0 Å². The van der Waals surface area contributed by atoms with Gasteiger partial charge in [-0.1, -0.05) is 45.0 Å². The molecule has 0 amide bonds. The lowest BCUT2D eigenvalue weighted by atomic mass is 9.89. The van der Waals surface area contributed by atoms with Gasteiger partial charge >= 0.3 is 0 Å². The third kappa shape index (κ3) is 7.39. The van der Waals surface area contributed by atoms with E-state index in [9.17, 15) is 9.59 Å². The first kappa shape index (κ1) is 20.6. The number of hydrogen-bond donors (Lipinski definition) is 0. The van der Waals surface area contributed by atoms with E-state index in [1.807, 2.05) is 19.1 Å². The third-order valence-electron chi connectivity index (χ3n) is 4.61. The highest BCUT2D eigenvalue weighted by Gasteiger charge is 2.18. The summed E-state index contributed by atoms with van der Waals surface area (Å²) in [6.07, 6.45) is 5.78. The van der Waals surface area contributed by atoms with Crippen LogP contribution in [0.4, 0.5) is 0 Å². The Labute approximate surface area is 147 Å². The fourth-order valence-corrected chi connectivity index (χ4v) is 2.89. The first-order valence-corrected chi connectivity index (χ1v) is 9.23. The summed E-state index contributed by atoms with van der Waals surface area (Å²) in [7, 11) is 2.18. The van der Waals surface area contributed by atoms with Gasteiger partial charge in [0.05, 0.1) is 0 Å². The molecule has 3 heteroatoms. The Morgan fingerprint density at radius 3 is 2.21 bits per heavy atom. The van der Waals surface area contributed by atoms with Crippen LogP contribution in [0.5, 0.6) is 0 Å². The van der Waals surface area contributed by atoms with Gasteiger partial charge in [0.15, 0.2) is 5.78 Å². The number of rotatable bonds is 6. The second kappa shape index (κ2) is 11.1. The van der Waals surface area contributed by atoms with E-state index < -0.39 is 0 Å².